The Kier molecular flexibility index (Phi) is 4.03. The third-order valence-electron chi connectivity index (χ3n) is 3.83. The molecular formula is C18H20FN3O. The number of alkyl halides is 1. The summed E-state index contributed by atoms with van der Waals surface area (Å²) < 4.78 is 18.8. The first-order chi connectivity index (χ1) is 11.0. The van der Waals surface area contributed by atoms with E-state index in [0.717, 1.165) is 27.9 Å². The summed E-state index contributed by atoms with van der Waals surface area (Å²) in [5, 5.41) is 0.957. The SMILES string of the molecule is COc1ccc(-c2c[nH]c3nc(CCC(C)(C)F)ncc23)cc1. The van der Waals surface area contributed by atoms with Gasteiger partial charge in [0.2, 0.25) is 0 Å². The highest BCUT2D eigenvalue weighted by Gasteiger charge is 2.16. The van der Waals surface area contributed by atoms with Gasteiger partial charge in [-0.15, -0.1) is 0 Å². The number of H-pyrrole nitrogens is 1. The van der Waals surface area contributed by atoms with Gasteiger partial charge in [-0.3, -0.25) is 0 Å². The molecule has 2 aromatic heterocycles. The van der Waals surface area contributed by atoms with Crippen molar-refractivity contribution in [2.75, 3.05) is 7.11 Å². The Morgan fingerprint density at radius 2 is 1.96 bits per heavy atom. The second-order valence-corrected chi connectivity index (χ2v) is 6.20. The van der Waals surface area contributed by atoms with Crippen LogP contribution in [0.25, 0.3) is 22.2 Å². The molecule has 0 bridgehead atoms. The molecule has 0 unspecified atom stereocenters. The molecule has 23 heavy (non-hydrogen) atoms. The van der Waals surface area contributed by atoms with Gasteiger partial charge in [0.15, 0.2) is 0 Å². The summed E-state index contributed by atoms with van der Waals surface area (Å²) in [5.41, 5.74) is 1.68. The van der Waals surface area contributed by atoms with E-state index in [9.17, 15) is 4.39 Å². The molecule has 0 atom stereocenters. The summed E-state index contributed by atoms with van der Waals surface area (Å²) in [5.74, 6) is 1.48. The summed E-state index contributed by atoms with van der Waals surface area (Å²) in [6.45, 7) is 3.14. The zero-order chi connectivity index (χ0) is 16.4. The number of nitrogens with zero attached hydrogens (tertiary/aromatic N) is 2. The normalized spacial score (nSPS) is 11.8. The predicted octanol–water partition coefficient (Wildman–Crippen LogP) is 4.31. The van der Waals surface area contributed by atoms with Crippen molar-refractivity contribution < 1.29 is 9.13 Å². The number of benzene rings is 1. The molecule has 120 valence electrons. The van der Waals surface area contributed by atoms with Crippen molar-refractivity contribution in [2.24, 2.45) is 0 Å². The van der Waals surface area contributed by atoms with E-state index < -0.39 is 5.67 Å². The van der Waals surface area contributed by atoms with Gasteiger partial charge >= 0.3 is 0 Å². The van der Waals surface area contributed by atoms with Crippen molar-refractivity contribution in [1.29, 1.82) is 0 Å². The molecule has 0 aliphatic carbocycles. The predicted molar refractivity (Wildman–Crippen MR) is 89.4 cm³/mol. The van der Waals surface area contributed by atoms with E-state index in [4.69, 9.17) is 4.74 Å². The standard InChI is InChI=1S/C18H20FN3O/c1-18(2,19)9-8-16-20-11-15-14(10-21-17(15)22-16)12-4-6-13(23-3)7-5-12/h4-7,10-11H,8-9H2,1-3H3,(H,20,21,22). The van der Waals surface area contributed by atoms with Gasteiger partial charge in [0, 0.05) is 29.8 Å². The van der Waals surface area contributed by atoms with E-state index in [1.807, 2.05) is 30.5 Å². The molecule has 3 rings (SSSR count). The van der Waals surface area contributed by atoms with Crippen molar-refractivity contribution in [3.8, 4) is 16.9 Å². The maximum atomic E-state index is 13.6. The molecule has 5 heteroatoms. The zero-order valence-corrected chi connectivity index (χ0v) is 13.6. The van der Waals surface area contributed by atoms with Crippen LogP contribution in [0.4, 0.5) is 4.39 Å². The number of nitrogens with one attached hydrogen (secondary N) is 1. The highest BCUT2D eigenvalue weighted by Crippen LogP contribution is 2.29. The number of fused-ring (bicyclic) bond motifs is 1. The number of hydrogen-bond donors (Lipinski definition) is 1. The quantitative estimate of drug-likeness (QED) is 0.763. The number of aromatic amines is 1. The van der Waals surface area contributed by atoms with Gasteiger partial charge < -0.3 is 9.72 Å². The summed E-state index contributed by atoms with van der Waals surface area (Å²) >= 11 is 0. The lowest BCUT2D eigenvalue weighted by Crippen LogP contribution is -2.13. The van der Waals surface area contributed by atoms with Crippen LogP contribution in [0.2, 0.25) is 0 Å². The first-order valence-corrected chi connectivity index (χ1v) is 7.62. The molecule has 0 radical (unpaired) electrons. The fourth-order valence-corrected chi connectivity index (χ4v) is 2.48. The summed E-state index contributed by atoms with van der Waals surface area (Å²) in [6.07, 6.45) is 4.66. The van der Waals surface area contributed by atoms with E-state index >= 15 is 0 Å². The van der Waals surface area contributed by atoms with E-state index in [-0.39, 0.29) is 0 Å². The minimum atomic E-state index is -1.21. The third-order valence-corrected chi connectivity index (χ3v) is 3.83. The average Bonchev–Trinajstić information content (AvgIpc) is 2.95. The molecule has 1 N–H and O–H groups in total. The van der Waals surface area contributed by atoms with Crippen molar-refractivity contribution in [3.63, 3.8) is 0 Å². The molecule has 1 aromatic carbocycles. The lowest BCUT2D eigenvalue weighted by Gasteiger charge is -2.12. The van der Waals surface area contributed by atoms with Crippen LogP contribution in [-0.2, 0) is 6.42 Å². The Morgan fingerprint density at radius 3 is 2.61 bits per heavy atom. The number of aryl methyl sites for hydroxylation is 1. The summed E-state index contributed by atoms with van der Waals surface area (Å²) in [6, 6.07) is 7.85. The summed E-state index contributed by atoms with van der Waals surface area (Å²) in [4.78, 5) is 12.1. The molecule has 2 heterocycles. The topological polar surface area (TPSA) is 50.8 Å². The van der Waals surface area contributed by atoms with E-state index in [1.165, 1.54) is 0 Å². The number of rotatable bonds is 5. The smallest absolute Gasteiger partial charge is 0.141 e. The molecular weight excluding hydrogens is 293 g/mol. The number of halogens is 1. The molecule has 0 saturated heterocycles. The number of methoxy groups -OCH3 is 1. The van der Waals surface area contributed by atoms with Crippen LogP contribution in [-0.4, -0.2) is 27.7 Å². The largest absolute Gasteiger partial charge is 0.497 e. The number of hydrogen-bond acceptors (Lipinski definition) is 3. The van der Waals surface area contributed by atoms with Crippen molar-refractivity contribution >= 4 is 11.0 Å². The van der Waals surface area contributed by atoms with Gasteiger partial charge in [0.1, 0.15) is 22.9 Å². The molecule has 4 nitrogen and oxygen atoms in total. The van der Waals surface area contributed by atoms with Crippen LogP contribution < -0.4 is 4.74 Å². The van der Waals surface area contributed by atoms with E-state index in [0.29, 0.717) is 18.7 Å². The van der Waals surface area contributed by atoms with Crippen molar-refractivity contribution in [3.05, 3.63) is 42.5 Å². The fraction of sp³-hybridized carbons (Fsp3) is 0.333. The highest BCUT2D eigenvalue weighted by molar-refractivity contribution is 5.93. The average molecular weight is 313 g/mol. The van der Waals surface area contributed by atoms with Crippen LogP contribution >= 0.6 is 0 Å². The van der Waals surface area contributed by atoms with Crippen LogP contribution in [0.3, 0.4) is 0 Å². The fourth-order valence-electron chi connectivity index (χ4n) is 2.48. The Morgan fingerprint density at radius 1 is 1.22 bits per heavy atom. The highest BCUT2D eigenvalue weighted by atomic mass is 19.1. The second-order valence-electron chi connectivity index (χ2n) is 6.20. The molecule has 0 amide bonds. The van der Waals surface area contributed by atoms with Crippen molar-refractivity contribution in [1.82, 2.24) is 15.0 Å². The monoisotopic (exact) mass is 313 g/mol. The number of aromatic nitrogens is 3. The maximum Gasteiger partial charge on any atom is 0.141 e. The molecule has 3 aromatic rings. The molecule has 0 aliphatic heterocycles. The maximum absolute atomic E-state index is 13.6. The lowest BCUT2D eigenvalue weighted by molar-refractivity contribution is 0.201. The lowest BCUT2D eigenvalue weighted by atomic mass is 10.0. The Hall–Kier alpha value is -2.43. The first-order valence-electron chi connectivity index (χ1n) is 7.62. The minimum absolute atomic E-state index is 0.407. The Bertz CT molecular complexity index is 803. The van der Waals surface area contributed by atoms with Crippen LogP contribution in [0.15, 0.2) is 36.7 Å². The Labute approximate surface area is 134 Å². The third kappa shape index (κ3) is 3.50. The molecule has 0 spiro atoms. The minimum Gasteiger partial charge on any atom is -0.497 e. The van der Waals surface area contributed by atoms with Crippen LogP contribution in [0.5, 0.6) is 5.75 Å². The number of ether oxygens (including phenoxy) is 1. The summed E-state index contributed by atoms with van der Waals surface area (Å²) in [7, 11) is 1.65. The van der Waals surface area contributed by atoms with E-state index in [2.05, 4.69) is 15.0 Å². The van der Waals surface area contributed by atoms with Gasteiger partial charge in [-0.1, -0.05) is 12.1 Å². The first kappa shape index (κ1) is 15.5. The zero-order valence-electron chi connectivity index (χ0n) is 13.6. The van der Waals surface area contributed by atoms with Gasteiger partial charge in [-0.25, -0.2) is 14.4 Å². The Balaban J connectivity index is 1.89. The van der Waals surface area contributed by atoms with Gasteiger partial charge in [0.25, 0.3) is 0 Å². The molecule has 0 aliphatic rings. The second kappa shape index (κ2) is 5.99. The van der Waals surface area contributed by atoms with E-state index in [1.54, 1.807) is 27.2 Å². The molecule has 0 fully saturated rings. The van der Waals surface area contributed by atoms with Gasteiger partial charge in [-0.2, -0.15) is 0 Å². The molecule has 0 saturated carbocycles. The van der Waals surface area contributed by atoms with Gasteiger partial charge in [-0.05, 0) is 38.0 Å². The van der Waals surface area contributed by atoms with Crippen molar-refractivity contribution in [2.45, 2.75) is 32.4 Å². The van der Waals surface area contributed by atoms with Crippen LogP contribution in [0, 0.1) is 0 Å². The van der Waals surface area contributed by atoms with Gasteiger partial charge in [0.05, 0.1) is 7.11 Å². The van der Waals surface area contributed by atoms with Crippen LogP contribution in [0.1, 0.15) is 26.1 Å².